The number of carbonyl (C=O) groups is 1. The highest BCUT2D eigenvalue weighted by atomic mass is 16.5. The van der Waals surface area contributed by atoms with E-state index in [0.29, 0.717) is 29.6 Å². The molecule has 2 aliphatic rings. The predicted octanol–water partition coefficient (Wildman–Crippen LogP) is 2.96. The number of fused-ring (bicyclic) bond motifs is 1. The molecule has 0 saturated carbocycles. The Kier molecular flexibility index (Phi) is 5.44. The van der Waals surface area contributed by atoms with Gasteiger partial charge in [-0.3, -0.25) is 4.90 Å². The van der Waals surface area contributed by atoms with Gasteiger partial charge in [-0.25, -0.2) is 14.5 Å². The van der Waals surface area contributed by atoms with Gasteiger partial charge in [-0.1, -0.05) is 6.07 Å². The first-order valence-electron chi connectivity index (χ1n) is 11.1. The van der Waals surface area contributed by atoms with Crippen molar-refractivity contribution in [3.8, 4) is 11.9 Å². The number of hydrogen-bond donors (Lipinski definition) is 1. The van der Waals surface area contributed by atoms with Crippen LogP contribution in [0.25, 0.3) is 5.82 Å². The average molecular weight is 443 g/mol. The molecule has 2 aliphatic heterocycles. The van der Waals surface area contributed by atoms with E-state index < -0.39 is 0 Å². The Bertz CT molecular complexity index is 1270. The van der Waals surface area contributed by atoms with Gasteiger partial charge in [0.05, 0.1) is 23.4 Å². The van der Waals surface area contributed by atoms with Crippen LogP contribution in [0.3, 0.4) is 0 Å². The fourth-order valence-corrected chi connectivity index (χ4v) is 4.92. The lowest BCUT2D eigenvalue weighted by Gasteiger charge is -2.38. The first-order valence-corrected chi connectivity index (χ1v) is 11.1. The molecule has 1 N–H and O–H groups in total. The summed E-state index contributed by atoms with van der Waals surface area (Å²) in [5, 5.41) is 17.5. The van der Waals surface area contributed by atoms with Crippen LogP contribution in [0, 0.1) is 25.2 Å². The molecule has 1 aromatic carbocycles. The van der Waals surface area contributed by atoms with Gasteiger partial charge in [0.1, 0.15) is 6.61 Å². The lowest BCUT2D eigenvalue weighted by atomic mass is 9.92. The summed E-state index contributed by atoms with van der Waals surface area (Å²) in [6, 6.07) is 8.36. The van der Waals surface area contributed by atoms with E-state index in [2.05, 4.69) is 46.3 Å². The van der Waals surface area contributed by atoms with Crippen molar-refractivity contribution < 1.29 is 9.53 Å². The number of nitriles is 1. The van der Waals surface area contributed by atoms with Gasteiger partial charge in [0.2, 0.25) is 0 Å². The molecule has 3 aromatic rings. The molecule has 1 saturated heterocycles. The van der Waals surface area contributed by atoms with Gasteiger partial charge in [-0.2, -0.15) is 10.4 Å². The van der Waals surface area contributed by atoms with Crippen molar-refractivity contribution in [2.24, 2.45) is 0 Å². The van der Waals surface area contributed by atoms with E-state index in [9.17, 15) is 10.1 Å². The molecule has 0 radical (unpaired) electrons. The molecule has 5 rings (SSSR count). The monoisotopic (exact) mass is 442 g/mol. The van der Waals surface area contributed by atoms with Crippen LogP contribution in [-0.2, 0) is 17.9 Å². The minimum absolute atomic E-state index is 0.168. The smallest absolute Gasteiger partial charge is 0.338 e. The summed E-state index contributed by atoms with van der Waals surface area (Å²) in [4.78, 5) is 18.7. The van der Waals surface area contributed by atoms with Crippen molar-refractivity contribution in [2.75, 3.05) is 13.1 Å². The lowest BCUT2D eigenvalue weighted by molar-refractivity contribution is 0.0535. The van der Waals surface area contributed by atoms with Crippen molar-refractivity contribution in [2.45, 2.75) is 46.0 Å². The maximum absolute atomic E-state index is 11.9. The van der Waals surface area contributed by atoms with E-state index in [1.54, 1.807) is 16.9 Å². The molecular weight excluding hydrogens is 416 g/mol. The first-order chi connectivity index (χ1) is 15.9. The zero-order valence-corrected chi connectivity index (χ0v) is 19.0. The number of esters is 1. The second-order valence-corrected chi connectivity index (χ2v) is 8.91. The summed E-state index contributed by atoms with van der Waals surface area (Å²) in [5.74, 6) is 0.450. The lowest BCUT2D eigenvalue weighted by Crippen LogP contribution is -2.50. The number of benzene rings is 1. The highest BCUT2D eigenvalue weighted by molar-refractivity contribution is 5.94. The number of ether oxygens (including phenoxy) is 1. The number of hydrogen-bond acceptors (Lipinski definition) is 7. The Morgan fingerprint density at radius 3 is 2.91 bits per heavy atom. The molecule has 1 fully saturated rings. The minimum Gasteiger partial charge on any atom is -0.457 e. The molecule has 8 heteroatoms. The third kappa shape index (κ3) is 3.90. The Hall–Kier alpha value is -3.54. The van der Waals surface area contributed by atoms with E-state index in [1.165, 1.54) is 5.56 Å². The summed E-state index contributed by atoms with van der Waals surface area (Å²) < 4.78 is 6.97. The van der Waals surface area contributed by atoms with Crippen LogP contribution in [0.1, 0.15) is 56.7 Å². The van der Waals surface area contributed by atoms with Crippen LogP contribution in [0.15, 0.2) is 36.8 Å². The van der Waals surface area contributed by atoms with Gasteiger partial charge in [0.25, 0.3) is 0 Å². The van der Waals surface area contributed by atoms with Crippen molar-refractivity contribution in [3.05, 3.63) is 75.7 Å². The quantitative estimate of drug-likeness (QED) is 0.621. The van der Waals surface area contributed by atoms with Gasteiger partial charge in [0, 0.05) is 60.8 Å². The molecule has 0 unspecified atom stereocenters. The van der Waals surface area contributed by atoms with Gasteiger partial charge in [0.15, 0.2) is 5.82 Å². The average Bonchev–Trinajstić information content (AvgIpc) is 3.41. The Morgan fingerprint density at radius 1 is 1.24 bits per heavy atom. The molecule has 0 bridgehead atoms. The molecule has 0 spiro atoms. The number of piperazine rings is 1. The number of aromatic nitrogens is 3. The minimum atomic E-state index is -0.228. The van der Waals surface area contributed by atoms with Crippen LogP contribution >= 0.6 is 0 Å². The van der Waals surface area contributed by atoms with Crippen molar-refractivity contribution in [3.63, 3.8) is 0 Å². The molecule has 33 heavy (non-hydrogen) atoms. The van der Waals surface area contributed by atoms with Crippen LogP contribution in [-0.4, -0.2) is 44.8 Å². The fraction of sp³-hybridized carbons (Fsp3) is 0.360. The first kappa shape index (κ1) is 21.3. The highest BCUT2D eigenvalue weighted by Crippen LogP contribution is 2.31. The van der Waals surface area contributed by atoms with Crippen molar-refractivity contribution in [1.29, 1.82) is 5.26 Å². The molecule has 0 aliphatic carbocycles. The standard InChI is InChI=1S/C25H26N6O2/c1-15-10-30(11-18-9-28-31(12-18)24-16(2)19(8-26)6-7-27-24)13-23(29-15)20-4-5-21-22(17(20)3)14-33-25(21)32/h4-7,9,12,15,23,29H,10-11,13-14H2,1-3H3/t15-,23+/m0/s1. The van der Waals surface area contributed by atoms with Gasteiger partial charge < -0.3 is 10.1 Å². The third-order valence-electron chi connectivity index (χ3n) is 6.60. The van der Waals surface area contributed by atoms with Crippen LogP contribution in [0.2, 0.25) is 0 Å². The second-order valence-electron chi connectivity index (χ2n) is 8.91. The van der Waals surface area contributed by atoms with E-state index in [4.69, 9.17) is 4.74 Å². The second kappa shape index (κ2) is 8.43. The Morgan fingerprint density at radius 2 is 2.09 bits per heavy atom. The molecule has 168 valence electrons. The van der Waals surface area contributed by atoms with Crippen LogP contribution < -0.4 is 5.32 Å². The van der Waals surface area contributed by atoms with Crippen molar-refractivity contribution >= 4 is 5.97 Å². The van der Waals surface area contributed by atoms with Gasteiger partial charge in [-0.15, -0.1) is 0 Å². The number of pyridine rings is 1. The topological polar surface area (TPSA) is 96.1 Å². The van der Waals surface area contributed by atoms with Gasteiger partial charge in [-0.05, 0) is 44.0 Å². The summed E-state index contributed by atoms with van der Waals surface area (Å²) >= 11 is 0. The predicted molar refractivity (Wildman–Crippen MR) is 122 cm³/mol. The summed E-state index contributed by atoms with van der Waals surface area (Å²) in [6.45, 7) is 9.07. The van der Waals surface area contributed by atoms with E-state index in [0.717, 1.165) is 41.9 Å². The molecule has 2 aromatic heterocycles. The number of nitrogens with zero attached hydrogens (tertiary/aromatic N) is 5. The summed E-state index contributed by atoms with van der Waals surface area (Å²) in [6.07, 6.45) is 5.50. The number of cyclic esters (lactones) is 1. The van der Waals surface area contributed by atoms with Crippen molar-refractivity contribution in [1.82, 2.24) is 25.0 Å². The Labute approximate surface area is 192 Å². The molecule has 0 amide bonds. The normalized spacial score (nSPS) is 20.4. The van der Waals surface area contributed by atoms with Crippen LogP contribution in [0.5, 0.6) is 0 Å². The third-order valence-corrected chi connectivity index (χ3v) is 6.60. The highest BCUT2D eigenvalue weighted by Gasteiger charge is 2.30. The van der Waals surface area contributed by atoms with Crippen LogP contribution in [0.4, 0.5) is 0 Å². The fourth-order valence-electron chi connectivity index (χ4n) is 4.92. The molecule has 2 atom stereocenters. The molecule has 4 heterocycles. The molecular formula is C25H26N6O2. The Balaban J connectivity index is 1.35. The molecule has 8 nitrogen and oxygen atoms in total. The van der Waals surface area contributed by atoms with E-state index in [-0.39, 0.29) is 12.0 Å². The zero-order valence-electron chi connectivity index (χ0n) is 19.0. The maximum atomic E-state index is 11.9. The number of nitrogens with one attached hydrogen (secondary N) is 1. The SMILES string of the molecule is Cc1c(C#N)ccnc1-n1cc(CN2C[C@H](C)N[C@@H](c3ccc4c(c3C)COC4=O)C2)cn1. The summed E-state index contributed by atoms with van der Waals surface area (Å²) in [5.41, 5.74) is 6.56. The largest absolute Gasteiger partial charge is 0.457 e. The number of rotatable bonds is 4. The van der Waals surface area contributed by atoms with Gasteiger partial charge >= 0.3 is 5.97 Å². The maximum Gasteiger partial charge on any atom is 0.338 e. The number of carbonyl (C=O) groups excluding carboxylic acids is 1. The summed E-state index contributed by atoms with van der Waals surface area (Å²) in [7, 11) is 0. The zero-order chi connectivity index (χ0) is 23.1. The van der Waals surface area contributed by atoms with E-state index in [1.807, 2.05) is 25.4 Å². The van der Waals surface area contributed by atoms with E-state index >= 15 is 0 Å².